The van der Waals surface area contributed by atoms with Crippen molar-refractivity contribution in [3.05, 3.63) is 36.5 Å². The van der Waals surface area contributed by atoms with Crippen LogP contribution >= 0.6 is 0 Å². The quantitative estimate of drug-likeness (QED) is 0.0488. The molecule has 0 aliphatic carbocycles. The van der Waals surface area contributed by atoms with Crippen molar-refractivity contribution in [1.29, 1.82) is 0 Å². The molecule has 0 aromatic carbocycles. The van der Waals surface area contributed by atoms with Crippen molar-refractivity contribution < 1.29 is 34.4 Å². The van der Waals surface area contributed by atoms with Crippen LogP contribution in [0.3, 0.4) is 0 Å². The molecular weight excluding hydrogens is 532 g/mol. The lowest BCUT2D eigenvalue weighted by atomic mass is 10.0. The molecule has 3 N–H and O–H groups in total. The summed E-state index contributed by atoms with van der Waals surface area (Å²) >= 11 is 0. The molecule has 0 radical (unpaired) electrons. The fraction of sp³-hybridized carbons (Fsp3) is 0.771. The third kappa shape index (κ3) is 26.9. The van der Waals surface area contributed by atoms with Gasteiger partial charge in [-0.2, -0.15) is 0 Å². The molecule has 0 amide bonds. The molecule has 0 rings (SSSR count). The Morgan fingerprint density at radius 2 is 1.31 bits per heavy atom. The Morgan fingerprint density at radius 1 is 0.690 bits per heavy atom. The summed E-state index contributed by atoms with van der Waals surface area (Å²) < 4.78 is 10.4. The highest BCUT2D eigenvalue weighted by atomic mass is 16.6. The van der Waals surface area contributed by atoms with Gasteiger partial charge < -0.3 is 24.8 Å². The van der Waals surface area contributed by atoms with Crippen molar-refractivity contribution in [1.82, 2.24) is 0 Å². The number of unbranched alkanes of at least 4 members (excludes halogenated alkanes) is 8. The second-order valence-corrected chi connectivity index (χ2v) is 11.7. The van der Waals surface area contributed by atoms with Crippen LogP contribution in [0.5, 0.6) is 0 Å². The normalized spacial score (nSPS) is 14.3. The van der Waals surface area contributed by atoms with Crippen LogP contribution in [0.2, 0.25) is 0 Å². The van der Waals surface area contributed by atoms with Crippen molar-refractivity contribution >= 4 is 11.9 Å². The minimum absolute atomic E-state index is 0.0408. The molecule has 0 heterocycles. The smallest absolute Gasteiger partial charge is 0.306 e. The number of aliphatic hydroxyl groups is 3. The van der Waals surface area contributed by atoms with E-state index in [-0.39, 0.29) is 25.4 Å². The molecule has 0 saturated carbocycles. The topological polar surface area (TPSA) is 113 Å². The summed E-state index contributed by atoms with van der Waals surface area (Å²) in [5.41, 5.74) is 0. The third-order valence-electron chi connectivity index (χ3n) is 7.07. The van der Waals surface area contributed by atoms with E-state index in [0.29, 0.717) is 19.3 Å². The second-order valence-electron chi connectivity index (χ2n) is 11.7. The summed E-state index contributed by atoms with van der Waals surface area (Å²) in [7, 11) is 0. The van der Waals surface area contributed by atoms with Gasteiger partial charge in [0.25, 0.3) is 0 Å². The van der Waals surface area contributed by atoms with E-state index in [9.17, 15) is 24.9 Å². The Balaban J connectivity index is 3.92. The van der Waals surface area contributed by atoms with Gasteiger partial charge >= 0.3 is 11.9 Å². The first kappa shape index (κ1) is 40.0. The van der Waals surface area contributed by atoms with Crippen LogP contribution < -0.4 is 0 Å². The first-order valence-electron chi connectivity index (χ1n) is 16.6. The van der Waals surface area contributed by atoms with Gasteiger partial charge in [0, 0.05) is 12.8 Å². The van der Waals surface area contributed by atoms with Gasteiger partial charge in [0.05, 0.1) is 18.8 Å². The summed E-state index contributed by atoms with van der Waals surface area (Å²) in [6.45, 7) is 6.08. The van der Waals surface area contributed by atoms with Gasteiger partial charge in [0.1, 0.15) is 6.61 Å². The molecule has 7 heteroatoms. The van der Waals surface area contributed by atoms with E-state index in [4.69, 9.17) is 9.47 Å². The van der Waals surface area contributed by atoms with Gasteiger partial charge in [-0.15, -0.1) is 0 Å². The lowest BCUT2D eigenvalue weighted by Gasteiger charge is -2.17. The van der Waals surface area contributed by atoms with E-state index in [1.807, 2.05) is 12.2 Å². The SMILES string of the molecule is CCCCC/C=C\C/C=C\C/C=C\CC(O)C(O)CCCC(=O)O[C@@H](CO)COC(=O)CCCCCCCCC(C)C. The van der Waals surface area contributed by atoms with Gasteiger partial charge in [0.2, 0.25) is 0 Å². The van der Waals surface area contributed by atoms with E-state index in [0.717, 1.165) is 44.4 Å². The highest BCUT2D eigenvalue weighted by molar-refractivity contribution is 5.70. The fourth-order valence-corrected chi connectivity index (χ4v) is 4.37. The third-order valence-corrected chi connectivity index (χ3v) is 7.07. The molecule has 0 spiro atoms. The average Bonchev–Trinajstić information content (AvgIpc) is 2.96. The molecule has 0 saturated heterocycles. The van der Waals surface area contributed by atoms with Crippen LogP contribution in [-0.2, 0) is 19.1 Å². The number of rotatable bonds is 28. The summed E-state index contributed by atoms with van der Waals surface area (Å²) in [6, 6.07) is 0. The van der Waals surface area contributed by atoms with Crippen molar-refractivity contribution in [2.45, 2.75) is 155 Å². The maximum absolute atomic E-state index is 12.1. The minimum atomic E-state index is -0.939. The highest BCUT2D eigenvalue weighted by Gasteiger charge is 2.18. The zero-order chi connectivity index (χ0) is 31.3. The molecule has 244 valence electrons. The van der Waals surface area contributed by atoms with E-state index in [1.54, 1.807) is 0 Å². The van der Waals surface area contributed by atoms with E-state index in [1.165, 1.54) is 44.9 Å². The lowest BCUT2D eigenvalue weighted by molar-refractivity contribution is -0.161. The van der Waals surface area contributed by atoms with Crippen molar-refractivity contribution in [3.8, 4) is 0 Å². The van der Waals surface area contributed by atoms with Crippen LogP contribution in [0.4, 0.5) is 0 Å². The Hall–Kier alpha value is -1.96. The Bertz CT molecular complexity index is 729. The summed E-state index contributed by atoms with van der Waals surface area (Å²) in [5.74, 6) is -0.134. The molecule has 0 aromatic rings. The van der Waals surface area contributed by atoms with Crippen molar-refractivity contribution in [2.75, 3.05) is 13.2 Å². The molecule has 0 fully saturated rings. The molecule has 3 atom stereocenters. The monoisotopic (exact) mass is 594 g/mol. The Morgan fingerprint density at radius 3 is 1.98 bits per heavy atom. The largest absolute Gasteiger partial charge is 0.462 e. The standard InChI is InChI=1S/C35H62O7/c1-4-5-6-7-8-9-10-11-12-13-17-20-24-32(37)33(38)25-22-27-35(40)42-31(28-36)29-41-34(39)26-21-18-15-14-16-19-23-30(2)3/h8-9,11-12,17,20,30-33,36-38H,4-7,10,13-16,18-19,21-29H2,1-3H3/b9-8-,12-11-,20-17-/t31-,32?,33?/m0/s1. The number of carbonyl (C=O) groups excluding carboxylic acids is 2. The first-order valence-corrected chi connectivity index (χ1v) is 16.6. The highest BCUT2D eigenvalue weighted by Crippen LogP contribution is 2.13. The van der Waals surface area contributed by atoms with Gasteiger partial charge in [-0.05, 0) is 57.3 Å². The minimum Gasteiger partial charge on any atom is -0.462 e. The molecule has 0 aliphatic heterocycles. The van der Waals surface area contributed by atoms with Crippen molar-refractivity contribution in [3.63, 3.8) is 0 Å². The number of carbonyl (C=O) groups is 2. The molecule has 42 heavy (non-hydrogen) atoms. The molecule has 0 aromatic heterocycles. The van der Waals surface area contributed by atoms with E-state index in [2.05, 4.69) is 45.1 Å². The van der Waals surface area contributed by atoms with Crippen LogP contribution in [-0.4, -0.2) is 58.8 Å². The number of esters is 2. The number of hydrogen-bond acceptors (Lipinski definition) is 7. The van der Waals surface area contributed by atoms with Gasteiger partial charge in [0.15, 0.2) is 6.10 Å². The first-order chi connectivity index (χ1) is 20.3. The van der Waals surface area contributed by atoms with E-state index >= 15 is 0 Å². The number of hydrogen-bond donors (Lipinski definition) is 3. The molecule has 0 aliphatic rings. The van der Waals surface area contributed by atoms with Crippen LogP contribution in [0.1, 0.15) is 136 Å². The number of ether oxygens (including phenoxy) is 2. The predicted octanol–water partition coefficient (Wildman–Crippen LogP) is 7.52. The zero-order valence-corrected chi connectivity index (χ0v) is 26.9. The lowest BCUT2D eigenvalue weighted by Crippen LogP contribution is -2.29. The van der Waals surface area contributed by atoms with Crippen LogP contribution in [0, 0.1) is 5.92 Å². The number of allylic oxidation sites excluding steroid dienone is 5. The average molecular weight is 595 g/mol. The van der Waals surface area contributed by atoms with Crippen molar-refractivity contribution in [2.24, 2.45) is 5.92 Å². The predicted molar refractivity (Wildman–Crippen MR) is 171 cm³/mol. The van der Waals surface area contributed by atoms with Crippen LogP contribution in [0.15, 0.2) is 36.5 Å². The van der Waals surface area contributed by atoms with E-state index < -0.39 is 30.9 Å². The van der Waals surface area contributed by atoms with Gasteiger partial charge in [-0.1, -0.05) is 109 Å². The molecule has 7 nitrogen and oxygen atoms in total. The maximum Gasteiger partial charge on any atom is 0.306 e. The van der Waals surface area contributed by atoms with Gasteiger partial charge in [-0.3, -0.25) is 9.59 Å². The van der Waals surface area contributed by atoms with Crippen LogP contribution in [0.25, 0.3) is 0 Å². The Kier molecular flexibility index (Phi) is 27.8. The fourth-order valence-electron chi connectivity index (χ4n) is 4.37. The summed E-state index contributed by atoms with van der Waals surface area (Å²) in [6.07, 6.45) is 25.4. The Labute approximate surface area is 256 Å². The summed E-state index contributed by atoms with van der Waals surface area (Å²) in [4.78, 5) is 24.1. The molecule has 0 bridgehead atoms. The number of aliphatic hydroxyl groups excluding tert-OH is 3. The molecular formula is C35H62O7. The van der Waals surface area contributed by atoms with Gasteiger partial charge in [-0.25, -0.2) is 0 Å². The summed E-state index contributed by atoms with van der Waals surface area (Å²) in [5, 5.41) is 29.8. The second kappa shape index (κ2) is 29.1. The zero-order valence-electron chi connectivity index (χ0n) is 26.9. The molecule has 2 unspecified atom stereocenters. The maximum atomic E-state index is 12.1.